The number of hydrogen-bond acceptors (Lipinski definition) is 33. The molecule has 2 aliphatic rings. The summed E-state index contributed by atoms with van der Waals surface area (Å²) in [6, 6.07) is 25.7. The van der Waals surface area contributed by atoms with Gasteiger partial charge in [0.2, 0.25) is 70.2 Å². The SMILES string of the molecule is CC(C)OC(=O)c1ccc(C(=O)OCCOC(=O)c2ccc(-c3ccc(C(=O)OCCOC(=O)c4ccc(C(=O)OC(C)C)o4)o3)o2)o1.O=C(O)c1ccc(C(=O)O)o1.O=C(OCCO)c1ccc(-c2ccc(C(=O)OCCO)o2)o1.c1cc(C2OCCO2)oc1-c1ccc(C2OCCO2)o1. The Morgan fingerprint density at radius 1 is 0.307 bits per heavy atom. The molecule has 2 fully saturated rings. The van der Waals surface area contributed by atoms with Crippen LogP contribution >= 0.6 is 0 Å². The van der Waals surface area contributed by atoms with Crippen molar-refractivity contribution in [2.24, 2.45) is 0 Å². The molecule has 35 nitrogen and oxygen atoms in total. The molecule has 11 rings (SSSR count). The van der Waals surface area contributed by atoms with Crippen LogP contribution in [0.2, 0.25) is 0 Å². The maximum atomic E-state index is 12.3. The van der Waals surface area contributed by atoms with Gasteiger partial charge in [-0.1, -0.05) is 0 Å². The molecule has 4 N–H and O–H groups in total. The highest BCUT2D eigenvalue weighted by Gasteiger charge is 2.28. The van der Waals surface area contributed by atoms with Crippen LogP contribution < -0.4 is 0 Å². The second-order valence-electron chi connectivity index (χ2n) is 20.5. The first-order chi connectivity index (χ1) is 48.6. The summed E-state index contributed by atoms with van der Waals surface area (Å²) in [4.78, 5) is 116. The van der Waals surface area contributed by atoms with Gasteiger partial charge in [0.05, 0.1) is 51.8 Å². The molecule has 35 heteroatoms. The molecule has 0 amide bonds. The van der Waals surface area contributed by atoms with Gasteiger partial charge < -0.3 is 117 Å². The van der Waals surface area contributed by atoms with Crippen molar-refractivity contribution in [1.29, 1.82) is 0 Å². The number of furan rings is 9. The van der Waals surface area contributed by atoms with Crippen LogP contribution in [0.1, 0.15) is 157 Å². The fourth-order valence-electron chi connectivity index (χ4n) is 8.06. The highest BCUT2D eigenvalue weighted by Crippen LogP contribution is 2.34. The van der Waals surface area contributed by atoms with E-state index < -0.39 is 72.3 Å². The van der Waals surface area contributed by atoms with Gasteiger partial charge in [-0.05, 0) is 137 Å². The summed E-state index contributed by atoms with van der Waals surface area (Å²) in [7, 11) is 0. The van der Waals surface area contributed by atoms with Crippen LogP contribution in [0.25, 0.3) is 34.6 Å². The van der Waals surface area contributed by atoms with Gasteiger partial charge in [-0.15, -0.1) is 0 Å². The predicted octanol–water partition coefficient (Wildman–Crippen LogP) is 9.03. The van der Waals surface area contributed by atoms with E-state index in [-0.39, 0.29) is 146 Å². The molecule has 9 aromatic heterocycles. The lowest BCUT2D eigenvalue weighted by molar-refractivity contribution is -0.0597. The van der Waals surface area contributed by atoms with E-state index in [1.54, 1.807) is 27.7 Å². The number of carbonyl (C=O) groups excluding carboxylic acids is 8. The van der Waals surface area contributed by atoms with Gasteiger partial charge in [0.15, 0.2) is 46.1 Å². The van der Waals surface area contributed by atoms with Gasteiger partial charge >= 0.3 is 59.7 Å². The maximum Gasteiger partial charge on any atom is 0.374 e. The topological polar surface area (TPSA) is 481 Å². The number of ether oxygens (including phenoxy) is 12. The molecule has 9 aromatic rings. The summed E-state index contributed by atoms with van der Waals surface area (Å²) < 4.78 is 108. The third-order valence-electron chi connectivity index (χ3n) is 12.4. The number of carbonyl (C=O) groups is 10. The Morgan fingerprint density at radius 2 is 0.525 bits per heavy atom. The number of aromatic carboxylic acids is 2. The first kappa shape index (κ1) is 74.8. The Labute approximate surface area is 567 Å². The Morgan fingerprint density at radius 3 is 0.782 bits per heavy atom. The van der Waals surface area contributed by atoms with Gasteiger partial charge in [0, 0.05) is 0 Å². The van der Waals surface area contributed by atoms with E-state index in [9.17, 15) is 47.9 Å². The number of aliphatic hydroxyl groups is 2. The van der Waals surface area contributed by atoms with Crippen molar-refractivity contribution in [3.05, 3.63) is 178 Å². The van der Waals surface area contributed by atoms with Crippen molar-refractivity contribution in [1.82, 2.24) is 0 Å². The predicted molar refractivity (Wildman–Crippen MR) is 326 cm³/mol. The number of carboxylic acids is 2. The number of esters is 8. The van der Waals surface area contributed by atoms with E-state index in [0.29, 0.717) is 49.5 Å². The Balaban J connectivity index is 0.000000199. The van der Waals surface area contributed by atoms with E-state index in [1.165, 1.54) is 72.8 Å². The minimum absolute atomic E-state index is 0.0516. The quantitative estimate of drug-likeness (QED) is 0.0212. The molecule has 2 saturated heterocycles. The van der Waals surface area contributed by atoms with Crippen LogP contribution in [0.3, 0.4) is 0 Å². The van der Waals surface area contributed by atoms with Crippen molar-refractivity contribution in [2.45, 2.75) is 52.5 Å². The minimum atomic E-state index is -1.28. The normalized spacial score (nSPS) is 12.6. The largest absolute Gasteiger partial charge is 0.475 e. The van der Waals surface area contributed by atoms with E-state index in [1.807, 2.05) is 24.3 Å². The average Bonchev–Trinajstić information content (AvgIpc) is 1.70. The van der Waals surface area contributed by atoms with Crippen molar-refractivity contribution >= 4 is 59.7 Å². The Kier molecular flexibility index (Phi) is 27.0. The third kappa shape index (κ3) is 21.7. The molecule has 0 atom stereocenters. The van der Waals surface area contributed by atoms with Gasteiger partial charge in [-0.25, -0.2) is 47.9 Å². The van der Waals surface area contributed by atoms with Crippen LogP contribution in [-0.4, -0.2) is 172 Å². The molecular weight excluding hydrogens is 1350 g/mol. The molecular formula is C66H62O35. The molecule has 0 aromatic carbocycles. The number of hydrogen-bond donors (Lipinski definition) is 4. The first-order valence-electron chi connectivity index (χ1n) is 30.1. The summed E-state index contributed by atoms with van der Waals surface area (Å²) in [5, 5.41) is 33.7. The second kappa shape index (κ2) is 36.5. The standard InChI is InChI=1S/C32H30O16.C14H14O8.C14H14O6.C6H4O5/c1-17(2)43-31(37)25-11-9-23(47-25)29(35)41-15-13-39-27(33)21-7-5-19(45-21)20-6-8-22(46-20)28(34)40-14-16-42-30(36)24-10-12-26(48-24)32(38)44-18(3)4;15-5-7-19-13(17)11-3-1-9(21-11)10-2-4-12(22-10)14(18)20-8-6-16;1-3-11(13-15-5-6-16-13)19-9(1)10-2-4-12(20-10)14-17-7-8-18-14;7-5(8)3-1-2-4(11-3)6(9)10/h5-12,17-18H,13-16H2,1-4H3;1-4,15-16H,5-8H2;1-4,13-14H,5-8H2;1-2H,(H,7,8)(H,9,10). The molecule has 0 unspecified atom stereocenters. The van der Waals surface area contributed by atoms with Gasteiger partial charge in [0.25, 0.3) is 0 Å². The molecule has 536 valence electrons. The summed E-state index contributed by atoms with van der Waals surface area (Å²) in [6.07, 6.45) is -1.57. The lowest BCUT2D eigenvalue weighted by Crippen LogP contribution is -2.14. The number of aliphatic hydroxyl groups excluding tert-OH is 2. The van der Waals surface area contributed by atoms with Gasteiger partial charge in [-0.2, -0.15) is 0 Å². The molecule has 0 aliphatic carbocycles. The van der Waals surface area contributed by atoms with Crippen molar-refractivity contribution in [2.75, 3.05) is 79.3 Å². The molecule has 0 saturated carbocycles. The van der Waals surface area contributed by atoms with Crippen LogP contribution in [0, 0.1) is 0 Å². The van der Waals surface area contributed by atoms with Crippen molar-refractivity contribution in [3.63, 3.8) is 0 Å². The molecule has 0 radical (unpaired) electrons. The fourth-order valence-corrected chi connectivity index (χ4v) is 8.06. The third-order valence-corrected chi connectivity index (χ3v) is 12.4. The summed E-state index contributed by atoms with van der Waals surface area (Å²) in [5.41, 5.74) is 0. The van der Waals surface area contributed by atoms with Crippen LogP contribution in [-0.2, 0) is 56.8 Å². The van der Waals surface area contributed by atoms with Gasteiger partial charge in [0.1, 0.15) is 39.6 Å². The van der Waals surface area contributed by atoms with Gasteiger partial charge in [-0.3, -0.25) is 0 Å². The molecule has 101 heavy (non-hydrogen) atoms. The lowest BCUT2D eigenvalue weighted by atomic mass is 10.3. The highest BCUT2D eigenvalue weighted by molar-refractivity contribution is 5.93. The number of rotatable bonds is 27. The van der Waals surface area contributed by atoms with Crippen LogP contribution in [0.4, 0.5) is 0 Å². The van der Waals surface area contributed by atoms with E-state index >= 15 is 0 Å². The lowest BCUT2D eigenvalue weighted by Gasteiger charge is -2.05. The second-order valence-corrected chi connectivity index (χ2v) is 20.5. The van der Waals surface area contributed by atoms with Crippen LogP contribution in [0.15, 0.2) is 149 Å². The van der Waals surface area contributed by atoms with Crippen LogP contribution in [0.5, 0.6) is 0 Å². The van der Waals surface area contributed by atoms with E-state index in [4.69, 9.17) is 113 Å². The van der Waals surface area contributed by atoms with Crippen molar-refractivity contribution in [3.8, 4) is 34.6 Å². The first-order valence-corrected chi connectivity index (χ1v) is 30.1. The Hall–Kier alpha value is -12.0. The smallest absolute Gasteiger partial charge is 0.374 e. The van der Waals surface area contributed by atoms with Crippen molar-refractivity contribution < 1.29 is 165 Å². The zero-order valence-corrected chi connectivity index (χ0v) is 53.6. The summed E-state index contributed by atoms with van der Waals surface area (Å²) in [5.74, 6) is -7.75. The highest BCUT2D eigenvalue weighted by atomic mass is 16.7. The fraction of sp³-hybridized carbons (Fsp3) is 0.303. The Bertz CT molecular complexity index is 3970. The molecule has 0 spiro atoms. The minimum Gasteiger partial charge on any atom is -0.475 e. The number of carboxylic acid groups (broad SMARTS) is 2. The summed E-state index contributed by atoms with van der Waals surface area (Å²) >= 11 is 0. The average molecular weight is 1420 g/mol. The monoisotopic (exact) mass is 1410 g/mol. The molecule has 2 aliphatic heterocycles. The molecule has 0 bridgehead atoms. The zero-order valence-electron chi connectivity index (χ0n) is 53.6. The summed E-state index contributed by atoms with van der Waals surface area (Å²) in [6.45, 7) is 6.92. The zero-order chi connectivity index (χ0) is 72.5. The molecule has 11 heterocycles. The van der Waals surface area contributed by atoms with E-state index in [0.717, 1.165) is 12.1 Å². The maximum absolute atomic E-state index is 12.3. The van der Waals surface area contributed by atoms with E-state index in [2.05, 4.69) is 4.42 Å².